The van der Waals surface area contributed by atoms with Gasteiger partial charge in [-0.3, -0.25) is 9.69 Å². The summed E-state index contributed by atoms with van der Waals surface area (Å²) in [5, 5.41) is 0. The number of carbonyl (C=O) groups excluding carboxylic acids is 1. The van der Waals surface area contributed by atoms with Gasteiger partial charge in [-0.15, -0.1) is 0 Å². The molecule has 1 amide bonds. The fourth-order valence-electron chi connectivity index (χ4n) is 3.39. The van der Waals surface area contributed by atoms with Crippen LogP contribution in [0.25, 0.3) is 0 Å². The first kappa shape index (κ1) is 18.5. The van der Waals surface area contributed by atoms with Crippen LogP contribution in [0.3, 0.4) is 0 Å². The van der Waals surface area contributed by atoms with E-state index in [9.17, 15) is 13.6 Å². The van der Waals surface area contributed by atoms with Crippen LogP contribution in [0.2, 0.25) is 0 Å². The molecule has 1 unspecified atom stereocenters. The van der Waals surface area contributed by atoms with Crippen LogP contribution >= 0.6 is 0 Å². The van der Waals surface area contributed by atoms with Crippen molar-refractivity contribution < 1.29 is 13.6 Å². The zero-order valence-corrected chi connectivity index (χ0v) is 15.2. The highest BCUT2D eigenvalue weighted by molar-refractivity contribution is 5.78. The van der Waals surface area contributed by atoms with Crippen LogP contribution in [0.4, 0.5) is 8.78 Å². The molecule has 0 saturated carbocycles. The highest BCUT2D eigenvalue weighted by atomic mass is 19.1. The lowest BCUT2D eigenvalue weighted by Gasteiger charge is -2.38. The Balaban J connectivity index is 1.56. The summed E-state index contributed by atoms with van der Waals surface area (Å²) in [4.78, 5) is 16.5. The van der Waals surface area contributed by atoms with Gasteiger partial charge in [-0.05, 0) is 25.5 Å². The molecule has 1 atom stereocenters. The molecule has 3 nitrogen and oxygen atoms in total. The normalized spacial score (nSPS) is 16.5. The number of benzene rings is 2. The maximum absolute atomic E-state index is 14.0. The Bertz CT molecular complexity index is 768. The minimum absolute atomic E-state index is 0.120. The van der Waals surface area contributed by atoms with E-state index < -0.39 is 11.6 Å². The molecule has 1 aliphatic rings. The number of carbonyl (C=O) groups is 1. The Hall–Kier alpha value is -2.27. The summed E-state index contributed by atoms with van der Waals surface area (Å²) in [5.74, 6) is -0.963. The number of hydrogen-bond donors (Lipinski definition) is 0. The monoisotopic (exact) mass is 358 g/mol. The lowest BCUT2D eigenvalue weighted by molar-refractivity contribution is -0.132. The Labute approximate surface area is 153 Å². The van der Waals surface area contributed by atoms with Crippen molar-refractivity contribution in [3.05, 3.63) is 70.8 Å². The summed E-state index contributed by atoms with van der Waals surface area (Å²) in [7, 11) is 0. The summed E-state index contributed by atoms with van der Waals surface area (Å²) in [6.07, 6.45) is 0.405. The second-order valence-corrected chi connectivity index (χ2v) is 6.92. The zero-order valence-electron chi connectivity index (χ0n) is 15.2. The van der Waals surface area contributed by atoms with Crippen LogP contribution in [-0.4, -0.2) is 41.9 Å². The summed E-state index contributed by atoms with van der Waals surface area (Å²) < 4.78 is 27.1. The van der Waals surface area contributed by atoms with Gasteiger partial charge in [0.25, 0.3) is 0 Å². The number of aryl methyl sites for hydroxylation is 1. The molecule has 2 aromatic carbocycles. The van der Waals surface area contributed by atoms with Gasteiger partial charge in [-0.25, -0.2) is 8.78 Å². The Morgan fingerprint density at radius 2 is 1.69 bits per heavy atom. The van der Waals surface area contributed by atoms with E-state index in [2.05, 4.69) is 4.90 Å². The molecule has 0 N–H and O–H groups in total. The molecule has 26 heavy (non-hydrogen) atoms. The van der Waals surface area contributed by atoms with Gasteiger partial charge in [0.2, 0.25) is 5.91 Å². The molecule has 0 aliphatic carbocycles. The summed E-state index contributed by atoms with van der Waals surface area (Å²) in [6, 6.07) is 11.6. The van der Waals surface area contributed by atoms with Crippen molar-refractivity contribution in [1.29, 1.82) is 0 Å². The van der Waals surface area contributed by atoms with Crippen molar-refractivity contribution in [2.45, 2.75) is 26.3 Å². The van der Waals surface area contributed by atoms with Crippen molar-refractivity contribution in [3.63, 3.8) is 0 Å². The molecule has 0 aromatic heterocycles. The third-order valence-corrected chi connectivity index (χ3v) is 5.10. The Morgan fingerprint density at radius 1 is 1.04 bits per heavy atom. The zero-order chi connectivity index (χ0) is 18.7. The summed E-state index contributed by atoms with van der Waals surface area (Å²) >= 11 is 0. The maximum atomic E-state index is 14.0. The average Bonchev–Trinajstić information content (AvgIpc) is 2.63. The number of amides is 1. The predicted molar refractivity (Wildman–Crippen MR) is 97.8 cm³/mol. The first-order chi connectivity index (χ1) is 12.4. The second-order valence-electron chi connectivity index (χ2n) is 6.92. The molecule has 0 radical (unpaired) electrons. The number of hydrogen-bond acceptors (Lipinski definition) is 2. The molecule has 5 heteroatoms. The predicted octanol–water partition coefficient (Wildman–Crippen LogP) is 3.72. The highest BCUT2D eigenvalue weighted by Crippen LogP contribution is 2.24. The standard InChI is InChI=1S/C21H24F2N2O/c1-15-3-5-17(6-4-15)13-21(26)25-11-9-24(10-12-25)16(2)19-8-7-18(22)14-20(19)23/h3-8,14,16H,9-13H2,1-2H3. The highest BCUT2D eigenvalue weighted by Gasteiger charge is 2.26. The van der Waals surface area contributed by atoms with Crippen LogP contribution in [0.15, 0.2) is 42.5 Å². The van der Waals surface area contributed by atoms with Crippen molar-refractivity contribution >= 4 is 5.91 Å². The molecule has 1 fully saturated rings. The van der Waals surface area contributed by atoms with Crippen molar-refractivity contribution in [1.82, 2.24) is 9.80 Å². The van der Waals surface area contributed by atoms with Crippen molar-refractivity contribution in [2.75, 3.05) is 26.2 Å². The third-order valence-electron chi connectivity index (χ3n) is 5.10. The third kappa shape index (κ3) is 4.28. The van der Waals surface area contributed by atoms with E-state index in [1.54, 1.807) is 0 Å². The molecule has 2 aromatic rings. The van der Waals surface area contributed by atoms with E-state index in [1.165, 1.54) is 17.7 Å². The molecular formula is C21H24F2N2O. The van der Waals surface area contributed by atoms with Crippen LogP contribution in [-0.2, 0) is 11.2 Å². The van der Waals surface area contributed by atoms with Crippen LogP contribution < -0.4 is 0 Å². The molecule has 1 saturated heterocycles. The molecular weight excluding hydrogens is 334 g/mol. The first-order valence-corrected chi connectivity index (χ1v) is 8.96. The summed E-state index contributed by atoms with van der Waals surface area (Å²) in [5.41, 5.74) is 2.69. The number of rotatable bonds is 4. The number of piperazine rings is 1. The second kappa shape index (κ2) is 7.96. The molecule has 138 valence electrons. The SMILES string of the molecule is Cc1ccc(CC(=O)N2CCN(C(C)c3ccc(F)cc3F)CC2)cc1. The fourth-order valence-corrected chi connectivity index (χ4v) is 3.39. The molecule has 0 bridgehead atoms. The van der Waals surface area contributed by atoms with Crippen molar-refractivity contribution in [3.8, 4) is 0 Å². The average molecular weight is 358 g/mol. The van der Waals surface area contributed by atoms with Crippen LogP contribution in [0.5, 0.6) is 0 Å². The van der Waals surface area contributed by atoms with Gasteiger partial charge in [0.15, 0.2) is 0 Å². The minimum Gasteiger partial charge on any atom is -0.340 e. The van der Waals surface area contributed by atoms with E-state index in [4.69, 9.17) is 0 Å². The fraction of sp³-hybridized carbons (Fsp3) is 0.381. The van der Waals surface area contributed by atoms with Gasteiger partial charge in [-0.1, -0.05) is 35.9 Å². The van der Waals surface area contributed by atoms with E-state index in [0.717, 1.165) is 11.6 Å². The molecule has 0 spiro atoms. The molecule has 1 heterocycles. The molecule has 1 aliphatic heterocycles. The Morgan fingerprint density at radius 3 is 2.31 bits per heavy atom. The van der Waals surface area contributed by atoms with Crippen LogP contribution in [0.1, 0.15) is 29.7 Å². The maximum Gasteiger partial charge on any atom is 0.227 e. The van der Waals surface area contributed by atoms with Gasteiger partial charge in [0, 0.05) is 43.9 Å². The van der Waals surface area contributed by atoms with Gasteiger partial charge in [0.1, 0.15) is 11.6 Å². The lowest BCUT2D eigenvalue weighted by atomic mass is 10.0. The van der Waals surface area contributed by atoms with Gasteiger partial charge >= 0.3 is 0 Å². The smallest absolute Gasteiger partial charge is 0.227 e. The van der Waals surface area contributed by atoms with E-state index in [-0.39, 0.29) is 11.9 Å². The van der Waals surface area contributed by atoms with Crippen LogP contribution in [0, 0.1) is 18.6 Å². The first-order valence-electron chi connectivity index (χ1n) is 8.96. The van der Waals surface area contributed by atoms with E-state index in [0.29, 0.717) is 38.2 Å². The minimum atomic E-state index is -0.565. The largest absolute Gasteiger partial charge is 0.340 e. The van der Waals surface area contributed by atoms with Gasteiger partial charge in [0.05, 0.1) is 6.42 Å². The van der Waals surface area contributed by atoms with Crippen molar-refractivity contribution in [2.24, 2.45) is 0 Å². The number of nitrogens with zero attached hydrogens (tertiary/aromatic N) is 2. The lowest BCUT2D eigenvalue weighted by Crippen LogP contribution is -2.49. The Kier molecular flexibility index (Phi) is 5.67. The summed E-state index contributed by atoms with van der Waals surface area (Å²) in [6.45, 7) is 6.54. The van der Waals surface area contributed by atoms with Gasteiger partial charge in [-0.2, -0.15) is 0 Å². The molecule has 3 rings (SSSR count). The number of halogens is 2. The van der Waals surface area contributed by atoms with Gasteiger partial charge < -0.3 is 4.90 Å². The van der Waals surface area contributed by atoms with E-state index in [1.807, 2.05) is 43.0 Å². The quantitative estimate of drug-likeness (QED) is 0.832. The topological polar surface area (TPSA) is 23.6 Å². The van der Waals surface area contributed by atoms with E-state index >= 15 is 0 Å².